The number of nitrogens with zero attached hydrogens (tertiary/aromatic N) is 4. The molecule has 0 unspecified atom stereocenters. The lowest BCUT2D eigenvalue weighted by atomic mass is 10.2. The van der Waals surface area contributed by atoms with Gasteiger partial charge in [-0.1, -0.05) is 63.7 Å². The van der Waals surface area contributed by atoms with Gasteiger partial charge in [0.05, 0.1) is 37.1 Å². The molecule has 190 valence electrons. The highest BCUT2D eigenvalue weighted by Gasteiger charge is 2.21. The molecule has 0 atom stereocenters. The average Bonchev–Trinajstić information content (AvgIpc) is 2.85. The SMILES string of the molecule is CCCc1nc2ccc(Br)cc2c(=O)n1N=Cc1cc(Cl)c(OCc2ccc(Cl)c(Cl)c2)c([N+](=O)[O-])c1. The molecule has 0 saturated carbocycles. The Morgan fingerprint density at radius 1 is 1.11 bits per heavy atom. The topological polar surface area (TPSA) is 99.6 Å². The highest BCUT2D eigenvalue weighted by atomic mass is 79.9. The molecular formula is C25H18BrCl3N4O4. The van der Waals surface area contributed by atoms with E-state index < -0.39 is 4.92 Å². The van der Waals surface area contributed by atoms with Gasteiger partial charge in [-0.2, -0.15) is 9.78 Å². The van der Waals surface area contributed by atoms with Crippen LogP contribution < -0.4 is 10.3 Å². The summed E-state index contributed by atoms with van der Waals surface area (Å²) in [6.07, 6.45) is 2.58. The van der Waals surface area contributed by atoms with Gasteiger partial charge in [0, 0.05) is 22.5 Å². The summed E-state index contributed by atoms with van der Waals surface area (Å²) in [5, 5.41) is 17.2. The summed E-state index contributed by atoms with van der Waals surface area (Å²) in [4.78, 5) is 28.9. The summed E-state index contributed by atoms with van der Waals surface area (Å²) in [7, 11) is 0. The first-order valence-corrected chi connectivity index (χ1v) is 12.9. The zero-order valence-electron chi connectivity index (χ0n) is 19.3. The first-order chi connectivity index (χ1) is 17.7. The van der Waals surface area contributed by atoms with Gasteiger partial charge in [0.1, 0.15) is 12.4 Å². The normalized spacial score (nSPS) is 11.4. The predicted octanol–water partition coefficient (Wildman–Crippen LogP) is 7.44. The molecule has 4 aromatic rings. The van der Waals surface area contributed by atoms with E-state index in [1.54, 1.807) is 30.3 Å². The Hall–Kier alpha value is -2.98. The molecule has 0 saturated heterocycles. The van der Waals surface area contributed by atoms with Gasteiger partial charge in [0.15, 0.2) is 0 Å². The molecule has 0 N–H and O–H groups in total. The van der Waals surface area contributed by atoms with E-state index in [1.807, 2.05) is 13.0 Å². The van der Waals surface area contributed by atoms with E-state index in [9.17, 15) is 14.9 Å². The van der Waals surface area contributed by atoms with Crippen LogP contribution in [0.5, 0.6) is 5.75 Å². The van der Waals surface area contributed by atoms with Crippen molar-refractivity contribution < 1.29 is 9.66 Å². The van der Waals surface area contributed by atoms with Crippen molar-refractivity contribution in [2.45, 2.75) is 26.4 Å². The first-order valence-electron chi connectivity index (χ1n) is 11.0. The fourth-order valence-corrected chi connectivity index (χ4v) is 4.52. The number of hydrogen-bond acceptors (Lipinski definition) is 6. The van der Waals surface area contributed by atoms with E-state index in [4.69, 9.17) is 39.5 Å². The largest absolute Gasteiger partial charge is 0.481 e. The maximum Gasteiger partial charge on any atom is 0.313 e. The molecule has 0 spiro atoms. The van der Waals surface area contributed by atoms with Crippen LogP contribution in [0.2, 0.25) is 15.1 Å². The molecule has 0 radical (unpaired) electrons. The second-order valence-corrected chi connectivity index (χ2v) is 10.1. The number of nitro benzene ring substituents is 1. The minimum absolute atomic E-state index is 0.0115. The number of ether oxygens (including phenoxy) is 1. The van der Waals surface area contributed by atoms with Crippen LogP contribution in [-0.2, 0) is 13.0 Å². The van der Waals surface area contributed by atoms with Crippen LogP contribution in [0.4, 0.5) is 5.69 Å². The Kier molecular flexibility index (Phi) is 8.49. The molecule has 0 amide bonds. The van der Waals surface area contributed by atoms with Crippen molar-refractivity contribution in [3.8, 4) is 5.75 Å². The van der Waals surface area contributed by atoms with Crippen LogP contribution in [0, 0.1) is 10.1 Å². The summed E-state index contributed by atoms with van der Waals surface area (Å²) in [5.74, 6) is 0.372. The highest BCUT2D eigenvalue weighted by Crippen LogP contribution is 2.36. The number of aromatic nitrogens is 2. The van der Waals surface area contributed by atoms with Crippen molar-refractivity contribution in [2.75, 3.05) is 0 Å². The minimum Gasteiger partial charge on any atom is -0.481 e. The van der Waals surface area contributed by atoms with Crippen LogP contribution in [0.1, 0.15) is 30.3 Å². The molecule has 1 heterocycles. The Bertz CT molecular complexity index is 1610. The molecule has 4 rings (SSSR count). The molecule has 0 aliphatic rings. The number of fused-ring (bicyclic) bond motifs is 1. The zero-order chi connectivity index (χ0) is 26.7. The van der Waals surface area contributed by atoms with Crippen molar-refractivity contribution in [2.24, 2.45) is 5.10 Å². The third kappa shape index (κ3) is 6.13. The van der Waals surface area contributed by atoms with Crippen LogP contribution in [0.15, 0.2) is 62.9 Å². The maximum absolute atomic E-state index is 13.2. The molecule has 12 heteroatoms. The second-order valence-electron chi connectivity index (χ2n) is 7.95. The summed E-state index contributed by atoms with van der Waals surface area (Å²) in [6, 6.07) is 12.9. The molecule has 0 fully saturated rings. The van der Waals surface area contributed by atoms with E-state index in [0.717, 1.165) is 10.9 Å². The second kappa shape index (κ2) is 11.6. The molecule has 0 bridgehead atoms. The Labute approximate surface area is 234 Å². The number of halogens is 4. The lowest BCUT2D eigenvalue weighted by Crippen LogP contribution is -2.22. The Morgan fingerprint density at radius 3 is 2.59 bits per heavy atom. The third-order valence-electron chi connectivity index (χ3n) is 5.28. The maximum atomic E-state index is 13.2. The third-order valence-corrected chi connectivity index (χ3v) is 6.79. The van der Waals surface area contributed by atoms with Gasteiger partial charge in [0.2, 0.25) is 5.75 Å². The van der Waals surface area contributed by atoms with Gasteiger partial charge >= 0.3 is 5.69 Å². The molecular weight excluding hydrogens is 607 g/mol. The van der Waals surface area contributed by atoms with E-state index in [-0.39, 0.29) is 28.6 Å². The highest BCUT2D eigenvalue weighted by molar-refractivity contribution is 9.10. The molecule has 3 aromatic carbocycles. The summed E-state index contributed by atoms with van der Waals surface area (Å²) in [5.41, 5.74) is 0.820. The van der Waals surface area contributed by atoms with Crippen LogP contribution in [0.25, 0.3) is 10.9 Å². The number of nitro groups is 1. The van der Waals surface area contributed by atoms with Gasteiger partial charge in [0.25, 0.3) is 5.56 Å². The van der Waals surface area contributed by atoms with Gasteiger partial charge < -0.3 is 4.74 Å². The van der Waals surface area contributed by atoms with Crippen LogP contribution in [0.3, 0.4) is 0 Å². The quantitative estimate of drug-likeness (QED) is 0.115. The van der Waals surface area contributed by atoms with Gasteiger partial charge in [-0.3, -0.25) is 14.9 Å². The van der Waals surface area contributed by atoms with E-state index in [0.29, 0.717) is 44.3 Å². The van der Waals surface area contributed by atoms with Crippen molar-refractivity contribution in [3.63, 3.8) is 0 Å². The standard InChI is InChI=1S/C25H18BrCl3N4O4/c1-2-3-23-31-21-7-5-16(26)11-17(21)25(34)32(23)30-12-15-9-20(29)24(22(10-15)33(35)36)37-13-14-4-6-18(27)19(28)8-14/h4-12H,2-3,13H2,1H3. The molecule has 0 aliphatic heterocycles. The molecule has 1 aromatic heterocycles. The fraction of sp³-hybridized carbons (Fsp3) is 0.160. The monoisotopic (exact) mass is 622 g/mol. The van der Waals surface area contributed by atoms with Crippen LogP contribution in [-0.4, -0.2) is 20.8 Å². The minimum atomic E-state index is -0.600. The van der Waals surface area contributed by atoms with E-state index in [1.165, 1.54) is 23.0 Å². The smallest absolute Gasteiger partial charge is 0.313 e. The lowest BCUT2D eigenvalue weighted by molar-refractivity contribution is -0.385. The van der Waals surface area contributed by atoms with Crippen molar-refractivity contribution in [1.82, 2.24) is 9.66 Å². The Balaban J connectivity index is 1.70. The number of benzene rings is 3. The van der Waals surface area contributed by atoms with Crippen LogP contribution >= 0.6 is 50.7 Å². The summed E-state index contributed by atoms with van der Waals surface area (Å²) >= 11 is 21.7. The van der Waals surface area contributed by atoms with E-state index in [2.05, 4.69) is 26.0 Å². The lowest BCUT2D eigenvalue weighted by Gasteiger charge is -2.11. The molecule has 8 nitrogen and oxygen atoms in total. The summed E-state index contributed by atoms with van der Waals surface area (Å²) < 4.78 is 7.60. The van der Waals surface area contributed by atoms with Crippen molar-refractivity contribution in [3.05, 3.63) is 105 Å². The molecule has 0 aliphatic carbocycles. The number of rotatable bonds is 8. The first kappa shape index (κ1) is 27.1. The average molecular weight is 625 g/mol. The van der Waals surface area contributed by atoms with Gasteiger partial charge in [-0.25, -0.2) is 4.98 Å². The summed E-state index contributed by atoms with van der Waals surface area (Å²) in [6.45, 7) is 1.95. The van der Waals surface area contributed by atoms with Gasteiger partial charge in [-0.15, -0.1) is 0 Å². The van der Waals surface area contributed by atoms with Crippen molar-refractivity contribution in [1.29, 1.82) is 0 Å². The fourth-order valence-electron chi connectivity index (χ4n) is 3.56. The Morgan fingerprint density at radius 2 is 1.89 bits per heavy atom. The predicted molar refractivity (Wildman–Crippen MR) is 150 cm³/mol. The number of hydrogen-bond donors (Lipinski definition) is 0. The zero-order valence-corrected chi connectivity index (χ0v) is 23.1. The van der Waals surface area contributed by atoms with Gasteiger partial charge in [-0.05, 0) is 48.4 Å². The number of aryl methyl sites for hydroxylation is 1. The molecule has 37 heavy (non-hydrogen) atoms. The van der Waals surface area contributed by atoms with Crippen molar-refractivity contribution >= 4 is 73.5 Å². The van der Waals surface area contributed by atoms with E-state index >= 15 is 0 Å².